The van der Waals surface area contributed by atoms with Crippen LogP contribution in [0.2, 0.25) is 0 Å². The van der Waals surface area contributed by atoms with Crippen LogP contribution in [-0.2, 0) is 4.79 Å². The number of carbonyl (C=O) groups is 1. The molecule has 0 N–H and O–H groups in total. The SMILES string of the molecule is CC(C)C(=O)C(C)C(C)C. The van der Waals surface area contributed by atoms with Gasteiger partial charge in [0.05, 0.1) is 0 Å². The molecule has 0 aliphatic rings. The fraction of sp³-hybridized carbons (Fsp3) is 0.889. The van der Waals surface area contributed by atoms with Crippen molar-refractivity contribution in [2.75, 3.05) is 0 Å². The molecule has 0 saturated heterocycles. The highest BCUT2D eigenvalue weighted by Gasteiger charge is 2.18. The molecule has 0 spiro atoms. The van der Waals surface area contributed by atoms with Crippen molar-refractivity contribution >= 4 is 5.78 Å². The molecular formula is C9H18O. The third kappa shape index (κ3) is 2.51. The second-order valence-corrected chi connectivity index (χ2v) is 3.59. The minimum atomic E-state index is 0.192. The summed E-state index contributed by atoms with van der Waals surface area (Å²) in [5, 5.41) is 0. The summed E-state index contributed by atoms with van der Waals surface area (Å²) >= 11 is 0. The fourth-order valence-corrected chi connectivity index (χ4v) is 0.854. The van der Waals surface area contributed by atoms with Gasteiger partial charge in [0, 0.05) is 11.8 Å². The van der Waals surface area contributed by atoms with E-state index in [1.54, 1.807) is 0 Å². The van der Waals surface area contributed by atoms with Crippen molar-refractivity contribution in [3.63, 3.8) is 0 Å². The van der Waals surface area contributed by atoms with E-state index in [9.17, 15) is 4.79 Å². The zero-order valence-corrected chi connectivity index (χ0v) is 7.64. The molecule has 0 aromatic heterocycles. The topological polar surface area (TPSA) is 17.1 Å². The van der Waals surface area contributed by atoms with Crippen LogP contribution in [0.3, 0.4) is 0 Å². The second-order valence-electron chi connectivity index (χ2n) is 3.59. The first kappa shape index (κ1) is 9.67. The average Bonchev–Trinajstić information content (AvgIpc) is 1.84. The van der Waals surface area contributed by atoms with E-state index in [1.165, 1.54) is 0 Å². The average molecular weight is 142 g/mol. The van der Waals surface area contributed by atoms with Gasteiger partial charge < -0.3 is 0 Å². The Bertz CT molecular complexity index is 114. The van der Waals surface area contributed by atoms with E-state index in [4.69, 9.17) is 0 Å². The summed E-state index contributed by atoms with van der Waals surface area (Å²) in [7, 11) is 0. The van der Waals surface area contributed by atoms with Gasteiger partial charge in [-0.05, 0) is 5.92 Å². The molecule has 1 atom stereocenters. The monoisotopic (exact) mass is 142 g/mol. The quantitative estimate of drug-likeness (QED) is 0.591. The maximum Gasteiger partial charge on any atom is 0.138 e. The maximum absolute atomic E-state index is 11.3. The van der Waals surface area contributed by atoms with Gasteiger partial charge in [0.25, 0.3) is 0 Å². The molecule has 60 valence electrons. The first-order valence-electron chi connectivity index (χ1n) is 4.00. The summed E-state index contributed by atoms with van der Waals surface area (Å²) in [6.45, 7) is 10.1. The Hall–Kier alpha value is -0.330. The molecule has 10 heavy (non-hydrogen) atoms. The van der Waals surface area contributed by atoms with E-state index in [-0.39, 0.29) is 11.8 Å². The molecule has 0 aliphatic carbocycles. The minimum absolute atomic E-state index is 0.192. The molecule has 1 heteroatoms. The molecule has 0 radical (unpaired) electrons. The van der Waals surface area contributed by atoms with E-state index >= 15 is 0 Å². The van der Waals surface area contributed by atoms with Crippen molar-refractivity contribution in [2.45, 2.75) is 34.6 Å². The molecule has 0 bridgehead atoms. The molecule has 0 aliphatic heterocycles. The maximum atomic E-state index is 11.3. The lowest BCUT2D eigenvalue weighted by Crippen LogP contribution is -2.21. The van der Waals surface area contributed by atoms with E-state index < -0.39 is 0 Å². The first-order chi connectivity index (χ1) is 4.46. The Morgan fingerprint density at radius 2 is 1.40 bits per heavy atom. The molecule has 0 heterocycles. The van der Waals surface area contributed by atoms with E-state index in [1.807, 2.05) is 20.8 Å². The molecular weight excluding hydrogens is 124 g/mol. The van der Waals surface area contributed by atoms with Gasteiger partial charge in [-0.15, -0.1) is 0 Å². The lowest BCUT2D eigenvalue weighted by Gasteiger charge is -2.15. The molecule has 0 aromatic rings. The summed E-state index contributed by atoms with van der Waals surface area (Å²) in [4.78, 5) is 11.3. The zero-order chi connectivity index (χ0) is 8.31. The van der Waals surface area contributed by atoms with E-state index in [0.717, 1.165) is 0 Å². The van der Waals surface area contributed by atoms with Gasteiger partial charge in [0.1, 0.15) is 5.78 Å². The van der Waals surface area contributed by atoms with Gasteiger partial charge in [-0.3, -0.25) is 4.79 Å². The Morgan fingerprint density at radius 3 is 1.50 bits per heavy atom. The van der Waals surface area contributed by atoms with Crippen molar-refractivity contribution in [1.82, 2.24) is 0 Å². The predicted molar refractivity (Wildman–Crippen MR) is 43.8 cm³/mol. The van der Waals surface area contributed by atoms with E-state index in [2.05, 4.69) is 13.8 Å². The van der Waals surface area contributed by atoms with Gasteiger partial charge in [-0.1, -0.05) is 34.6 Å². The van der Waals surface area contributed by atoms with Crippen LogP contribution in [0, 0.1) is 17.8 Å². The number of rotatable bonds is 3. The molecule has 0 aromatic carbocycles. The Kier molecular flexibility index (Phi) is 3.62. The molecule has 1 nitrogen and oxygen atoms in total. The molecule has 0 fully saturated rings. The van der Waals surface area contributed by atoms with Gasteiger partial charge in [-0.2, -0.15) is 0 Å². The Morgan fingerprint density at radius 1 is 1.00 bits per heavy atom. The van der Waals surface area contributed by atoms with Gasteiger partial charge in [-0.25, -0.2) is 0 Å². The summed E-state index contributed by atoms with van der Waals surface area (Å²) in [5.74, 6) is 1.28. The van der Waals surface area contributed by atoms with Crippen LogP contribution in [0.25, 0.3) is 0 Å². The van der Waals surface area contributed by atoms with Crippen LogP contribution >= 0.6 is 0 Å². The van der Waals surface area contributed by atoms with Crippen LogP contribution < -0.4 is 0 Å². The Balaban J connectivity index is 3.95. The number of ketones is 1. The molecule has 0 saturated carbocycles. The molecule has 1 unspecified atom stereocenters. The predicted octanol–water partition coefficient (Wildman–Crippen LogP) is 2.50. The van der Waals surface area contributed by atoms with Crippen molar-refractivity contribution < 1.29 is 4.79 Å². The van der Waals surface area contributed by atoms with Crippen LogP contribution in [0.15, 0.2) is 0 Å². The lowest BCUT2D eigenvalue weighted by molar-refractivity contribution is -0.126. The number of carbonyl (C=O) groups excluding carboxylic acids is 1. The fourth-order valence-electron chi connectivity index (χ4n) is 0.854. The third-order valence-corrected chi connectivity index (χ3v) is 2.02. The van der Waals surface area contributed by atoms with Crippen molar-refractivity contribution in [2.24, 2.45) is 17.8 Å². The highest BCUT2D eigenvalue weighted by Crippen LogP contribution is 2.14. The first-order valence-corrected chi connectivity index (χ1v) is 4.00. The van der Waals surface area contributed by atoms with Gasteiger partial charge in [0.2, 0.25) is 0 Å². The van der Waals surface area contributed by atoms with Crippen LogP contribution in [0.1, 0.15) is 34.6 Å². The van der Waals surface area contributed by atoms with Crippen LogP contribution in [-0.4, -0.2) is 5.78 Å². The van der Waals surface area contributed by atoms with Crippen molar-refractivity contribution in [3.8, 4) is 0 Å². The number of hydrogen-bond acceptors (Lipinski definition) is 1. The molecule has 0 amide bonds. The number of Topliss-reactive ketones (excluding diaryl/α,β-unsaturated/α-hetero) is 1. The normalized spacial score (nSPS) is 14.3. The van der Waals surface area contributed by atoms with Crippen LogP contribution in [0.5, 0.6) is 0 Å². The standard InChI is InChI=1S/C9H18O/c1-6(2)8(5)9(10)7(3)4/h6-8H,1-5H3. The smallest absolute Gasteiger partial charge is 0.138 e. The summed E-state index contributed by atoms with van der Waals surface area (Å²) in [6.07, 6.45) is 0. The minimum Gasteiger partial charge on any atom is -0.299 e. The summed E-state index contributed by atoms with van der Waals surface area (Å²) in [5.41, 5.74) is 0. The lowest BCUT2D eigenvalue weighted by atomic mass is 9.88. The summed E-state index contributed by atoms with van der Waals surface area (Å²) in [6, 6.07) is 0. The van der Waals surface area contributed by atoms with Crippen molar-refractivity contribution in [1.29, 1.82) is 0 Å². The largest absolute Gasteiger partial charge is 0.299 e. The highest BCUT2D eigenvalue weighted by atomic mass is 16.1. The van der Waals surface area contributed by atoms with Gasteiger partial charge in [0.15, 0.2) is 0 Å². The number of hydrogen-bond donors (Lipinski definition) is 0. The molecule has 0 rings (SSSR count). The van der Waals surface area contributed by atoms with Crippen molar-refractivity contribution in [3.05, 3.63) is 0 Å². The third-order valence-electron chi connectivity index (χ3n) is 2.02. The van der Waals surface area contributed by atoms with Gasteiger partial charge >= 0.3 is 0 Å². The highest BCUT2D eigenvalue weighted by molar-refractivity contribution is 5.82. The van der Waals surface area contributed by atoms with Crippen LogP contribution in [0.4, 0.5) is 0 Å². The zero-order valence-electron chi connectivity index (χ0n) is 7.64. The summed E-state index contributed by atoms with van der Waals surface area (Å²) < 4.78 is 0. The Labute approximate surface area is 63.8 Å². The van der Waals surface area contributed by atoms with E-state index in [0.29, 0.717) is 11.7 Å². The second kappa shape index (κ2) is 3.75.